The summed E-state index contributed by atoms with van der Waals surface area (Å²) in [6.07, 6.45) is 6.42. The predicted molar refractivity (Wildman–Crippen MR) is 145 cm³/mol. The van der Waals surface area contributed by atoms with Crippen molar-refractivity contribution in [2.24, 2.45) is 34.0 Å². The Bertz CT molecular complexity index is 951. The average molecular weight is 515 g/mol. The summed E-state index contributed by atoms with van der Waals surface area (Å²) in [5.41, 5.74) is 17.5. The van der Waals surface area contributed by atoms with Crippen LogP contribution in [0.2, 0.25) is 0 Å². The number of hydrogen-bond acceptors (Lipinski definition) is 5. The minimum absolute atomic E-state index is 0.0179. The zero-order chi connectivity index (χ0) is 27.4. The molecule has 11 nitrogen and oxygen atoms in total. The van der Waals surface area contributed by atoms with Crippen molar-refractivity contribution in [3.8, 4) is 0 Å². The van der Waals surface area contributed by atoms with Crippen LogP contribution in [0.4, 0.5) is 0 Å². The molecule has 1 saturated carbocycles. The Balaban J connectivity index is 2.12. The van der Waals surface area contributed by atoms with Gasteiger partial charge in [-0.1, -0.05) is 43.5 Å². The topological polar surface area (TPSA) is 193 Å². The number of rotatable bonds is 13. The van der Waals surface area contributed by atoms with Crippen molar-refractivity contribution in [2.45, 2.75) is 57.4 Å². The molecule has 0 bridgehead atoms. The number of nitrogens with two attached hydrogens (primary N) is 3. The van der Waals surface area contributed by atoms with Gasteiger partial charge in [0.1, 0.15) is 17.8 Å². The number of aliphatic imine (C=N–C) groups is 1. The van der Waals surface area contributed by atoms with Crippen LogP contribution in [0.1, 0.15) is 56.1 Å². The first-order chi connectivity index (χ1) is 17.6. The van der Waals surface area contributed by atoms with E-state index < -0.39 is 17.9 Å². The average Bonchev–Trinajstić information content (AvgIpc) is 2.87. The van der Waals surface area contributed by atoms with Gasteiger partial charge in [-0.2, -0.15) is 0 Å². The minimum Gasteiger partial charge on any atom is -0.384 e. The van der Waals surface area contributed by atoms with Gasteiger partial charge < -0.3 is 32.7 Å². The van der Waals surface area contributed by atoms with Crippen LogP contribution in [-0.2, 0) is 20.8 Å². The largest absolute Gasteiger partial charge is 0.384 e. The highest BCUT2D eigenvalue weighted by atomic mass is 16.2. The third-order valence-corrected chi connectivity index (χ3v) is 6.64. The van der Waals surface area contributed by atoms with Gasteiger partial charge in [-0.15, -0.1) is 0 Å². The highest BCUT2D eigenvalue weighted by Crippen LogP contribution is 2.27. The number of hydrogen-bond donors (Lipinski definition) is 6. The number of nitrogen functional groups attached to an aromatic ring is 1. The molecule has 0 heterocycles. The van der Waals surface area contributed by atoms with E-state index in [2.05, 4.69) is 15.6 Å². The number of nitrogens with one attached hydrogen (secondary N) is 3. The van der Waals surface area contributed by atoms with Gasteiger partial charge in [0, 0.05) is 32.7 Å². The number of guanidine groups is 1. The number of unbranched alkanes of at least 4 members (excludes halogenated alkanes) is 1. The lowest BCUT2D eigenvalue weighted by Gasteiger charge is -2.31. The maximum Gasteiger partial charge on any atom is 0.242 e. The fraction of sp³-hybridized carbons (Fsp3) is 0.577. The second-order valence-electron chi connectivity index (χ2n) is 9.79. The number of carbonyl (C=O) groups is 3. The SMILES string of the molecule is CN(C)C(=O)[C@H](Cc1ccc(C(=N)N)cc1)C(=O)N[C@H](C(=O)NCCCCN=C(N)N)C1CCCCC1. The van der Waals surface area contributed by atoms with Gasteiger partial charge in [0.2, 0.25) is 17.7 Å². The Hall–Kier alpha value is -3.63. The van der Waals surface area contributed by atoms with Crippen LogP contribution < -0.4 is 27.8 Å². The van der Waals surface area contributed by atoms with Gasteiger partial charge >= 0.3 is 0 Å². The lowest BCUT2D eigenvalue weighted by atomic mass is 9.83. The molecule has 37 heavy (non-hydrogen) atoms. The van der Waals surface area contributed by atoms with Crippen LogP contribution in [0, 0.1) is 17.2 Å². The molecule has 2 rings (SSSR count). The second kappa shape index (κ2) is 14.8. The molecule has 0 aromatic heterocycles. The lowest BCUT2D eigenvalue weighted by Crippen LogP contribution is -2.54. The van der Waals surface area contributed by atoms with Crippen LogP contribution >= 0.6 is 0 Å². The molecule has 1 aromatic carbocycles. The summed E-state index contributed by atoms with van der Waals surface area (Å²) in [5, 5.41) is 13.4. The predicted octanol–water partition coefficient (Wildman–Crippen LogP) is 0.452. The summed E-state index contributed by atoms with van der Waals surface area (Å²) in [6.45, 7) is 0.934. The molecule has 1 aromatic rings. The third kappa shape index (κ3) is 9.74. The summed E-state index contributed by atoms with van der Waals surface area (Å²) in [7, 11) is 3.21. The van der Waals surface area contributed by atoms with Crippen molar-refractivity contribution in [3.05, 3.63) is 35.4 Å². The number of carbonyl (C=O) groups excluding carboxylic acids is 3. The first-order valence-corrected chi connectivity index (χ1v) is 12.9. The van der Waals surface area contributed by atoms with Crippen molar-refractivity contribution < 1.29 is 14.4 Å². The lowest BCUT2D eigenvalue weighted by molar-refractivity contribution is -0.142. The smallest absolute Gasteiger partial charge is 0.242 e. The molecule has 204 valence electrons. The van der Waals surface area contributed by atoms with Crippen molar-refractivity contribution >= 4 is 29.5 Å². The van der Waals surface area contributed by atoms with Gasteiger partial charge in [-0.05, 0) is 43.6 Å². The van der Waals surface area contributed by atoms with Crippen LogP contribution in [0.3, 0.4) is 0 Å². The van der Waals surface area contributed by atoms with Gasteiger partial charge in [-0.3, -0.25) is 24.8 Å². The van der Waals surface area contributed by atoms with E-state index in [0.717, 1.165) is 44.1 Å². The van der Waals surface area contributed by atoms with E-state index in [1.807, 2.05) is 0 Å². The number of nitrogens with zero attached hydrogens (tertiary/aromatic N) is 2. The third-order valence-electron chi connectivity index (χ3n) is 6.64. The maximum atomic E-state index is 13.5. The van der Waals surface area contributed by atoms with E-state index in [0.29, 0.717) is 25.1 Å². The minimum atomic E-state index is -0.989. The molecular formula is C26H42N8O3. The molecule has 0 unspecified atom stereocenters. The Morgan fingerprint density at radius 3 is 2.24 bits per heavy atom. The first-order valence-electron chi connectivity index (χ1n) is 12.9. The number of amidine groups is 1. The van der Waals surface area contributed by atoms with E-state index in [1.54, 1.807) is 38.4 Å². The van der Waals surface area contributed by atoms with E-state index in [9.17, 15) is 14.4 Å². The van der Waals surface area contributed by atoms with Gasteiger partial charge in [0.25, 0.3) is 0 Å². The zero-order valence-corrected chi connectivity index (χ0v) is 22.0. The molecule has 0 radical (unpaired) electrons. The molecule has 0 spiro atoms. The van der Waals surface area contributed by atoms with Gasteiger partial charge in [0.15, 0.2) is 5.96 Å². The van der Waals surface area contributed by atoms with Crippen molar-refractivity contribution in [1.82, 2.24) is 15.5 Å². The highest BCUT2D eigenvalue weighted by molar-refractivity contribution is 6.02. The summed E-state index contributed by atoms with van der Waals surface area (Å²) >= 11 is 0. The summed E-state index contributed by atoms with van der Waals surface area (Å²) < 4.78 is 0. The zero-order valence-electron chi connectivity index (χ0n) is 22.0. The Morgan fingerprint density at radius 2 is 1.68 bits per heavy atom. The maximum absolute atomic E-state index is 13.5. The fourth-order valence-electron chi connectivity index (χ4n) is 4.55. The van der Waals surface area contributed by atoms with Gasteiger partial charge in [-0.25, -0.2) is 0 Å². The van der Waals surface area contributed by atoms with Crippen molar-refractivity contribution in [2.75, 3.05) is 27.2 Å². The number of benzene rings is 1. The number of amides is 3. The Kier molecular flexibility index (Phi) is 11.9. The molecule has 3 amide bonds. The molecule has 1 fully saturated rings. The standard InChI is InChI=1S/C26H42N8O3/c1-34(2)25(37)20(16-17-10-12-19(13-11-17)22(27)28)23(35)33-21(18-8-4-3-5-9-18)24(36)31-14-6-7-15-32-26(29)30/h10-13,18,20-21H,3-9,14-16H2,1-2H3,(H3,27,28)(H,31,36)(H,33,35)(H4,29,30,32)/t20-,21+/m1/s1. The summed E-state index contributed by atoms with van der Waals surface area (Å²) in [6, 6.07) is 6.19. The fourth-order valence-corrected chi connectivity index (χ4v) is 4.55. The van der Waals surface area contributed by atoms with Gasteiger partial charge in [0.05, 0.1) is 0 Å². The van der Waals surface area contributed by atoms with E-state index in [4.69, 9.17) is 22.6 Å². The monoisotopic (exact) mass is 514 g/mol. The van der Waals surface area contributed by atoms with E-state index in [-0.39, 0.29) is 35.9 Å². The van der Waals surface area contributed by atoms with Crippen LogP contribution in [-0.4, -0.2) is 67.6 Å². The first kappa shape index (κ1) is 29.6. The molecule has 9 N–H and O–H groups in total. The Morgan fingerprint density at radius 1 is 1.03 bits per heavy atom. The summed E-state index contributed by atoms with van der Waals surface area (Å²) in [4.78, 5) is 45.0. The van der Waals surface area contributed by atoms with Crippen LogP contribution in [0.15, 0.2) is 29.3 Å². The Labute approximate surface area is 219 Å². The quantitative estimate of drug-likeness (QED) is 0.0957. The second-order valence-corrected chi connectivity index (χ2v) is 9.79. The summed E-state index contributed by atoms with van der Waals surface area (Å²) in [5.74, 6) is -2.02. The highest BCUT2D eigenvalue weighted by Gasteiger charge is 2.35. The van der Waals surface area contributed by atoms with E-state index >= 15 is 0 Å². The van der Waals surface area contributed by atoms with E-state index in [1.165, 1.54) is 4.90 Å². The van der Waals surface area contributed by atoms with Crippen molar-refractivity contribution in [3.63, 3.8) is 0 Å². The normalized spacial score (nSPS) is 15.2. The molecule has 1 aliphatic carbocycles. The molecular weight excluding hydrogens is 472 g/mol. The molecule has 0 saturated heterocycles. The molecule has 1 aliphatic rings. The molecule has 2 atom stereocenters. The van der Waals surface area contributed by atoms with Crippen LogP contribution in [0.25, 0.3) is 0 Å². The van der Waals surface area contributed by atoms with Crippen LogP contribution in [0.5, 0.6) is 0 Å². The van der Waals surface area contributed by atoms with Crippen molar-refractivity contribution in [1.29, 1.82) is 5.41 Å². The molecule has 0 aliphatic heterocycles. The molecule has 11 heteroatoms.